The zero-order valence-corrected chi connectivity index (χ0v) is 10.5. The van der Waals surface area contributed by atoms with E-state index in [1.807, 2.05) is 0 Å². The number of carboxylic acid groups (broad SMARTS) is 1. The summed E-state index contributed by atoms with van der Waals surface area (Å²) in [5.74, 6) is -2.04. The van der Waals surface area contributed by atoms with E-state index in [9.17, 15) is 18.0 Å². The predicted molar refractivity (Wildman–Crippen MR) is 59.5 cm³/mol. The Bertz CT molecular complexity index is 503. The van der Waals surface area contributed by atoms with Gasteiger partial charge in [0.25, 0.3) is 0 Å². The van der Waals surface area contributed by atoms with Gasteiger partial charge in [-0.1, -0.05) is 0 Å². The second-order valence-electron chi connectivity index (χ2n) is 4.11. The number of aliphatic carboxylic acids is 1. The van der Waals surface area contributed by atoms with Gasteiger partial charge in [-0.3, -0.25) is 9.69 Å². The molecule has 0 aliphatic carbocycles. The van der Waals surface area contributed by atoms with E-state index in [4.69, 9.17) is 10.8 Å². The van der Waals surface area contributed by atoms with Crippen molar-refractivity contribution in [1.82, 2.24) is 4.90 Å². The van der Waals surface area contributed by atoms with Crippen molar-refractivity contribution in [2.45, 2.75) is 25.3 Å². The van der Waals surface area contributed by atoms with Crippen LogP contribution in [0.4, 0.5) is 0 Å². The fourth-order valence-electron chi connectivity index (χ4n) is 1.74. The minimum absolute atomic E-state index is 0.327. The molecule has 0 radical (unpaired) electrons. The molecule has 1 saturated heterocycles. The van der Waals surface area contributed by atoms with Gasteiger partial charge in [-0.2, -0.15) is 0 Å². The summed E-state index contributed by atoms with van der Waals surface area (Å²) >= 11 is 0. The van der Waals surface area contributed by atoms with Gasteiger partial charge in [-0.25, -0.2) is 13.2 Å². The van der Waals surface area contributed by atoms with Gasteiger partial charge in [0.05, 0.1) is 0 Å². The lowest BCUT2D eigenvalue weighted by atomic mass is 10.1. The average molecular weight is 262 g/mol. The minimum atomic E-state index is -3.63. The summed E-state index contributed by atoms with van der Waals surface area (Å²) in [6, 6.07) is -1.20. The lowest BCUT2D eigenvalue weighted by molar-refractivity contribution is -0.148. The summed E-state index contributed by atoms with van der Waals surface area (Å²) in [6.07, 6.45) is 0.918. The molecule has 1 aliphatic rings. The highest BCUT2D eigenvalue weighted by Gasteiger charge is 2.53. The van der Waals surface area contributed by atoms with Crippen LogP contribution in [0.1, 0.15) is 13.8 Å². The predicted octanol–water partition coefficient (Wildman–Crippen LogP) is -1.09. The largest absolute Gasteiger partial charge is 0.477 e. The van der Waals surface area contributed by atoms with Gasteiger partial charge in [0.15, 0.2) is 15.2 Å². The topological polar surface area (TPSA) is 118 Å². The number of carboxylic acids is 1. The Balaban J connectivity index is 3.27. The van der Waals surface area contributed by atoms with Crippen molar-refractivity contribution < 1.29 is 23.1 Å². The number of hydrogen-bond donors (Lipinski definition) is 2. The summed E-state index contributed by atoms with van der Waals surface area (Å²) < 4.78 is 22.9. The Labute approximate surface area is 98.8 Å². The highest BCUT2D eigenvalue weighted by molar-refractivity contribution is 7.91. The number of likely N-dealkylation sites (tertiary alicyclic amines) is 1. The third-order valence-electron chi connectivity index (χ3n) is 2.44. The second kappa shape index (κ2) is 4.11. The smallest absolute Gasteiger partial charge is 0.352 e. The van der Waals surface area contributed by atoms with Gasteiger partial charge < -0.3 is 10.8 Å². The minimum Gasteiger partial charge on any atom is -0.477 e. The lowest BCUT2D eigenvalue weighted by Crippen LogP contribution is -2.71. The van der Waals surface area contributed by atoms with Crippen LogP contribution in [0.25, 0.3) is 0 Å². The second-order valence-corrected chi connectivity index (χ2v) is 6.25. The van der Waals surface area contributed by atoms with Gasteiger partial charge in [0, 0.05) is 6.26 Å². The first-order valence-electron chi connectivity index (χ1n) is 4.77. The van der Waals surface area contributed by atoms with E-state index in [1.54, 1.807) is 0 Å². The molecule has 1 aliphatic heterocycles. The molecule has 96 valence electrons. The highest BCUT2D eigenvalue weighted by atomic mass is 32.2. The van der Waals surface area contributed by atoms with Crippen molar-refractivity contribution in [3.05, 3.63) is 11.3 Å². The molecule has 0 unspecified atom stereocenters. The normalized spacial score (nSPS) is 24.2. The molecule has 0 saturated carbocycles. The molecule has 0 spiro atoms. The molecule has 1 amide bonds. The Hall–Kier alpha value is -1.41. The molecule has 1 heterocycles. The molecule has 1 rings (SSSR count). The van der Waals surface area contributed by atoms with Crippen LogP contribution >= 0.6 is 0 Å². The van der Waals surface area contributed by atoms with Crippen LogP contribution in [0.2, 0.25) is 0 Å². The molecule has 0 aromatic rings. The van der Waals surface area contributed by atoms with Crippen LogP contribution in [0.5, 0.6) is 0 Å². The number of nitrogens with zero attached hydrogens (tertiary/aromatic N) is 1. The number of carbonyl (C=O) groups is 2. The molecule has 0 bridgehead atoms. The molecule has 7 nitrogen and oxygen atoms in total. The van der Waals surface area contributed by atoms with Crippen molar-refractivity contribution in [1.29, 1.82) is 0 Å². The number of allylic oxidation sites excluding steroid dienone is 1. The van der Waals surface area contributed by atoms with Crippen molar-refractivity contribution in [3.63, 3.8) is 0 Å². The summed E-state index contributed by atoms with van der Waals surface area (Å²) in [5, 5.41) is 7.68. The first-order valence-corrected chi connectivity index (χ1v) is 6.72. The molecule has 0 aromatic carbocycles. The number of β-lactam (4-membered cyclic amide) rings is 1. The maximum absolute atomic E-state index is 11.5. The standard InChI is InChI=1S/C9H14N2O5S/c1-4(2)6(9(13)14)11-7(12)5(10)8(11)17(3,15)16/h5,8H,10H2,1-3H3,(H,13,14)/t5-,8-/m1/s1. The number of rotatable bonds is 3. The number of hydrogen-bond acceptors (Lipinski definition) is 5. The molecule has 17 heavy (non-hydrogen) atoms. The Morgan fingerprint density at radius 1 is 1.41 bits per heavy atom. The van der Waals surface area contributed by atoms with Gasteiger partial charge in [-0.15, -0.1) is 0 Å². The fourth-order valence-corrected chi connectivity index (χ4v) is 2.98. The molecule has 2 atom stereocenters. The van der Waals surface area contributed by atoms with E-state index in [1.165, 1.54) is 13.8 Å². The Kier molecular flexibility index (Phi) is 3.30. The zero-order chi connectivity index (χ0) is 13.5. The first kappa shape index (κ1) is 13.7. The van der Waals surface area contributed by atoms with Crippen LogP contribution in [0.15, 0.2) is 11.3 Å². The summed E-state index contributed by atoms with van der Waals surface area (Å²) in [7, 11) is -3.63. The Morgan fingerprint density at radius 3 is 2.18 bits per heavy atom. The van der Waals surface area contributed by atoms with Crippen molar-refractivity contribution in [2.75, 3.05) is 6.26 Å². The van der Waals surface area contributed by atoms with Gasteiger partial charge in [0.2, 0.25) is 5.91 Å². The van der Waals surface area contributed by atoms with Crippen LogP contribution in [-0.2, 0) is 19.4 Å². The van der Waals surface area contributed by atoms with Crippen LogP contribution in [0, 0.1) is 0 Å². The van der Waals surface area contributed by atoms with Crippen molar-refractivity contribution in [3.8, 4) is 0 Å². The maximum atomic E-state index is 11.5. The Morgan fingerprint density at radius 2 is 1.88 bits per heavy atom. The average Bonchev–Trinajstić information content (AvgIpc) is 2.13. The molecule has 3 N–H and O–H groups in total. The van der Waals surface area contributed by atoms with E-state index in [-0.39, 0.29) is 5.70 Å². The third kappa shape index (κ3) is 2.18. The van der Waals surface area contributed by atoms with Crippen LogP contribution < -0.4 is 5.73 Å². The summed E-state index contributed by atoms with van der Waals surface area (Å²) in [4.78, 5) is 23.3. The number of nitrogens with two attached hydrogens (primary N) is 1. The molecular formula is C9H14N2O5S. The first-order chi connectivity index (χ1) is 7.59. The zero-order valence-electron chi connectivity index (χ0n) is 9.67. The number of amides is 1. The van der Waals surface area contributed by atoms with Crippen molar-refractivity contribution in [2.24, 2.45) is 5.73 Å². The van der Waals surface area contributed by atoms with E-state index in [0.29, 0.717) is 5.57 Å². The number of sulfone groups is 1. The van der Waals surface area contributed by atoms with Crippen LogP contribution in [0.3, 0.4) is 0 Å². The van der Waals surface area contributed by atoms with E-state index in [2.05, 4.69) is 0 Å². The van der Waals surface area contributed by atoms with Crippen molar-refractivity contribution >= 4 is 21.7 Å². The third-order valence-corrected chi connectivity index (χ3v) is 3.82. The van der Waals surface area contributed by atoms with E-state index in [0.717, 1.165) is 11.2 Å². The fraction of sp³-hybridized carbons (Fsp3) is 0.556. The van der Waals surface area contributed by atoms with E-state index < -0.39 is 33.1 Å². The molecule has 0 aromatic heterocycles. The molecular weight excluding hydrogens is 248 g/mol. The lowest BCUT2D eigenvalue weighted by Gasteiger charge is -2.44. The molecule has 8 heteroatoms. The molecule has 1 fully saturated rings. The number of carbonyl (C=O) groups excluding carboxylic acids is 1. The van der Waals surface area contributed by atoms with Gasteiger partial charge in [0.1, 0.15) is 11.7 Å². The van der Waals surface area contributed by atoms with E-state index >= 15 is 0 Å². The highest BCUT2D eigenvalue weighted by Crippen LogP contribution is 2.29. The van der Waals surface area contributed by atoms with Gasteiger partial charge in [-0.05, 0) is 19.4 Å². The quantitative estimate of drug-likeness (QED) is 0.492. The SMILES string of the molecule is CC(C)=C(C(=O)O)N1C(=O)[C@@H](N)[C@H]1S(C)(=O)=O. The monoisotopic (exact) mass is 262 g/mol. The summed E-state index contributed by atoms with van der Waals surface area (Å²) in [5.41, 5.74) is 5.41. The maximum Gasteiger partial charge on any atom is 0.352 e. The van der Waals surface area contributed by atoms with Gasteiger partial charge >= 0.3 is 5.97 Å². The summed E-state index contributed by atoms with van der Waals surface area (Å²) in [6.45, 7) is 2.97. The van der Waals surface area contributed by atoms with Crippen LogP contribution in [-0.4, -0.2) is 48.0 Å².